The van der Waals surface area contributed by atoms with Crippen LogP contribution in [0.5, 0.6) is 5.75 Å². The fraction of sp³-hybridized carbons (Fsp3) is 0.333. The van der Waals surface area contributed by atoms with Gasteiger partial charge in [0.05, 0.1) is 20.3 Å². The summed E-state index contributed by atoms with van der Waals surface area (Å²) >= 11 is 0. The first-order valence-electron chi connectivity index (χ1n) is 8.85. The number of carbonyl (C=O) groups is 2. The van der Waals surface area contributed by atoms with Crippen molar-refractivity contribution in [3.63, 3.8) is 0 Å². The standard InChI is InChI=1S/C21H25NO5/c1-3-26-20(23)14-22-19(13-16-9-11-18(25-2)12-10-16)21(24)27-15-17-7-5-4-6-8-17/h4-12,19,22H,3,13-15H2,1-2H3/t19-/m1/s1. The monoisotopic (exact) mass is 371 g/mol. The van der Waals surface area contributed by atoms with Gasteiger partial charge in [0.15, 0.2) is 0 Å². The summed E-state index contributed by atoms with van der Waals surface area (Å²) in [4.78, 5) is 24.2. The molecule has 1 N–H and O–H groups in total. The maximum atomic E-state index is 12.6. The lowest BCUT2D eigenvalue weighted by molar-refractivity contribution is -0.148. The quantitative estimate of drug-likeness (QED) is 0.647. The van der Waals surface area contributed by atoms with Crippen LogP contribution in [0.3, 0.4) is 0 Å². The lowest BCUT2D eigenvalue weighted by Crippen LogP contribution is -2.42. The molecule has 0 aromatic heterocycles. The van der Waals surface area contributed by atoms with E-state index in [2.05, 4.69) is 5.32 Å². The second-order valence-electron chi connectivity index (χ2n) is 5.88. The molecule has 0 aliphatic rings. The summed E-state index contributed by atoms with van der Waals surface area (Å²) in [5, 5.41) is 2.94. The fourth-order valence-corrected chi connectivity index (χ4v) is 2.48. The van der Waals surface area contributed by atoms with Gasteiger partial charge < -0.3 is 14.2 Å². The largest absolute Gasteiger partial charge is 0.497 e. The zero-order chi connectivity index (χ0) is 19.5. The molecule has 0 fully saturated rings. The first kappa shape index (κ1) is 20.5. The summed E-state index contributed by atoms with van der Waals surface area (Å²) in [5.41, 5.74) is 1.83. The molecule has 2 aromatic carbocycles. The van der Waals surface area contributed by atoms with Crippen molar-refractivity contribution in [3.05, 3.63) is 65.7 Å². The Hall–Kier alpha value is -2.86. The molecule has 0 amide bonds. The number of methoxy groups -OCH3 is 1. The van der Waals surface area contributed by atoms with Gasteiger partial charge in [-0.25, -0.2) is 0 Å². The van der Waals surface area contributed by atoms with Gasteiger partial charge in [-0.2, -0.15) is 0 Å². The number of carbonyl (C=O) groups excluding carboxylic acids is 2. The van der Waals surface area contributed by atoms with E-state index in [0.717, 1.165) is 16.9 Å². The van der Waals surface area contributed by atoms with Crippen molar-refractivity contribution < 1.29 is 23.8 Å². The predicted molar refractivity (Wildman–Crippen MR) is 101 cm³/mol. The van der Waals surface area contributed by atoms with Crippen LogP contribution in [0, 0.1) is 0 Å². The lowest BCUT2D eigenvalue weighted by Gasteiger charge is -2.18. The number of ether oxygens (including phenoxy) is 3. The first-order chi connectivity index (χ1) is 13.1. The van der Waals surface area contributed by atoms with Crippen LogP contribution in [0.15, 0.2) is 54.6 Å². The molecule has 2 rings (SSSR count). The molecular formula is C21H25NO5. The third-order valence-electron chi connectivity index (χ3n) is 3.91. The van der Waals surface area contributed by atoms with Gasteiger partial charge in [-0.1, -0.05) is 42.5 Å². The smallest absolute Gasteiger partial charge is 0.323 e. The second kappa shape index (κ2) is 11.0. The van der Waals surface area contributed by atoms with Crippen LogP contribution in [0.25, 0.3) is 0 Å². The maximum Gasteiger partial charge on any atom is 0.323 e. The molecule has 0 radical (unpaired) electrons. The summed E-state index contributed by atoms with van der Waals surface area (Å²) in [6.07, 6.45) is 0.386. The second-order valence-corrected chi connectivity index (χ2v) is 5.88. The Bertz CT molecular complexity index is 715. The third kappa shape index (κ3) is 7.11. The van der Waals surface area contributed by atoms with E-state index in [1.165, 1.54) is 0 Å². The van der Waals surface area contributed by atoms with Crippen molar-refractivity contribution >= 4 is 11.9 Å². The highest BCUT2D eigenvalue weighted by atomic mass is 16.5. The molecule has 144 valence electrons. The Morgan fingerprint density at radius 3 is 2.30 bits per heavy atom. The minimum atomic E-state index is -0.661. The molecule has 2 aromatic rings. The van der Waals surface area contributed by atoms with Crippen LogP contribution in [0.2, 0.25) is 0 Å². The van der Waals surface area contributed by atoms with E-state index in [4.69, 9.17) is 14.2 Å². The van der Waals surface area contributed by atoms with Gasteiger partial charge in [0.25, 0.3) is 0 Å². The van der Waals surface area contributed by atoms with Crippen molar-refractivity contribution in [2.75, 3.05) is 20.3 Å². The Morgan fingerprint density at radius 2 is 1.67 bits per heavy atom. The molecule has 0 spiro atoms. The molecule has 1 atom stereocenters. The number of nitrogens with one attached hydrogen (secondary N) is 1. The van der Waals surface area contributed by atoms with Crippen molar-refractivity contribution in [3.8, 4) is 5.75 Å². The molecule has 6 heteroatoms. The van der Waals surface area contributed by atoms with E-state index in [1.807, 2.05) is 54.6 Å². The molecule has 27 heavy (non-hydrogen) atoms. The van der Waals surface area contributed by atoms with E-state index >= 15 is 0 Å². The minimum absolute atomic E-state index is 0.0604. The SMILES string of the molecule is CCOC(=O)CN[C@H](Cc1ccc(OC)cc1)C(=O)OCc1ccccc1. The highest BCUT2D eigenvalue weighted by Gasteiger charge is 2.21. The van der Waals surface area contributed by atoms with E-state index in [-0.39, 0.29) is 13.2 Å². The molecular weight excluding hydrogens is 346 g/mol. The molecule has 0 heterocycles. The number of benzene rings is 2. The topological polar surface area (TPSA) is 73.9 Å². The molecule has 0 unspecified atom stereocenters. The van der Waals surface area contributed by atoms with Crippen molar-refractivity contribution in [2.45, 2.75) is 26.0 Å². The average molecular weight is 371 g/mol. The minimum Gasteiger partial charge on any atom is -0.497 e. The van der Waals surface area contributed by atoms with Gasteiger partial charge >= 0.3 is 11.9 Å². The Morgan fingerprint density at radius 1 is 0.963 bits per heavy atom. The lowest BCUT2D eigenvalue weighted by atomic mass is 10.1. The Kier molecular flexibility index (Phi) is 8.32. The van der Waals surface area contributed by atoms with Gasteiger partial charge in [0, 0.05) is 0 Å². The molecule has 0 saturated heterocycles. The number of hydrogen-bond acceptors (Lipinski definition) is 6. The predicted octanol–water partition coefficient (Wildman–Crippen LogP) is 2.50. The van der Waals surface area contributed by atoms with Crippen LogP contribution in [0.1, 0.15) is 18.1 Å². The van der Waals surface area contributed by atoms with Crippen molar-refractivity contribution in [1.29, 1.82) is 0 Å². The third-order valence-corrected chi connectivity index (χ3v) is 3.91. The number of esters is 2. The summed E-state index contributed by atoms with van der Waals surface area (Å²) in [7, 11) is 1.60. The summed E-state index contributed by atoms with van der Waals surface area (Å²) in [6.45, 7) is 2.15. The summed E-state index contributed by atoms with van der Waals surface area (Å²) in [6, 6.07) is 16.2. The molecule has 0 aliphatic carbocycles. The van der Waals surface area contributed by atoms with Gasteiger partial charge in [-0.3, -0.25) is 14.9 Å². The number of rotatable bonds is 10. The summed E-state index contributed by atoms with van der Waals surface area (Å²) < 4.78 is 15.5. The highest BCUT2D eigenvalue weighted by Crippen LogP contribution is 2.13. The molecule has 0 bridgehead atoms. The first-order valence-corrected chi connectivity index (χ1v) is 8.85. The Labute approximate surface area is 159 Å². The zero-order valence-corrected chi connectivity index (χ0v) is 15.6. The van der Waals surface area contributed by atoms with Gasteiger partial charge in [-0.05, 0) is 36.6 Å². The summed E-state index contributed by atoms with van der Waals surface area (Å²) in [5.74, 6) is -0.0894. The average Bonchev–Trinajstić information content (AvgIpc) is 2.70. The van der Waals surface area contributed by atoms with Crippen LogP contribution < -0.4 is 10.1 Å². The molecule has 0 aliphatic heterocycles. The van der Waals surface area contributed by atoms with Crippen LogP contribution in [-0.2, 0) is 32.1 Å². The zero-order valence-electron chi connectivity index (χ0n) is 15.6. The van der Waals surface area contributed by atoms with Crippen molar-refractivity contribution in [2.24, 2.45) is 0 Å². The molecule has 6 nitrogen and oxygen atoms in total. The molecule has 0 saturated carbocycles. The van der Waals surface area contributed by atoms with Crippen LogP contribution in [0.4, 0.5) is 0 Å². The van der Waals surface area contributed by atoms with E-state index in [9.17, 15) is 9.59 Å². The van der Waals surface area contributed by atoms with Crippen molar-refractivity contribution in [1.82, 2.24) is 5.32 Å². The fourth-order valence-electron chi connectivity index (χ4n) is 2.48. The van der Waals surface area contributed by atoms with E-state index in [0.29, 0.717) is 13.0 Å². The van der Waals surface area contributed by atoms with E-state index < -0.39 is 18.0 Å². The normalized spacial score (nSPS) is 11.5. The maximum absolute atomic E-state index is 12.6. The van der Waals surface area contributed by atoms with E-state index in [1.54, 1.807) is 14.0 Å². The van der Waals surface area contributed by atoms with Gasteiger partial charge in [-0.15, -0.1) is 0 Å². The van der Waals surface area contributed by atoms with Gasteiger partial charge in [0.2, 0.25) is 0 Å². The van der Waals surface area contributed by atoms with Gasteiger partial charge in [0.1, 0.15) is 18.4 Å². The van der Waals surface area contributed by atoms with Crippen LogP contribution >= 0.6 is 0 Å². The number of hydrogen-bond donors (Lipinski definition) is 1. The highest BCUT2D eigenvalue weighted by molar-refractivity contribution is 5.78. The Balaban J connectivity index is 2.00. The van der Waals surface area contributed by atoms with Crippen LogP contribution in [-0.4, -0.2) is 38.2 Å².